The SMILES string of the molecule is CC(=O)Oc1ccc(-c2nc3ccccc3c(=O)[nH]2)cc1. The highest BCUT2D eigenvalue weighted by molar-refractivity contribution is 5.79. The smallest absolute Gasteiger partial charge is 0.308 e. The normalized spacial score (nSPS) is 10.5. The Bertz CT molecular complexity index is 867. The summed E-state index contributed by atoms with van der Waals surface area (Å²) in [6.07, 6.45) is 0. The van der Waals surface area contributed by atoms with Crippen LogP contribution in [0.25, 0.3) is 22.3 Å². The topological polar surface area (TPSA) is 72.0 Å². The van der Waals surface area contributed by atoms with Gasteiger partial charge in [-0.1, -0.05) is 12.1 Å². The molecule has 0 radical (unpaired) electrons. The summed E-state index contributed by atoms with van der Waals surface area (Å²) in [6, 6.07) is 14.0. The summed E-state index contributed by atoms with van der Waals surface area (Å²) in [6.45, 7) is 1.34. The molecule has 0 aliphatic rings. The number of carbonyl (C=O) groups is 1. The van der Waals surface area contributed by atoms with Crippen molar-refractivity contribution >= 4 is 16.9 Å². The van der Waals surface area contributed by atoms with Gasteiger partial charge in [0.1, 0.15) is 11.6 Å². The molecule has 0 fully saturated rings. The number of nitrogens with one attached hydrogen (secondary N) is 1. The quantitative estimate of drug-likeness (QED) is 0.578. The van der Waals surface area contributed by atoms with Crippen LogP contribution in [0.4, 0.5) is 0 Å². The zero-order chi connectivity index (χ0) is 14.8. The lowest BCUT2D eigenvalue weighted by molar-refractivity contribution is -0.131. The Hall–Kier alpha value is -2.95. The molecule has 0 aliphatic heterocycles. The fourth-order valence-electron chi connectivity index (χ4n) is 2.07. The Morgan fingerprint density at radius 1 is 1.10 bits per heavy atom. The van der Waals surface area contributed by atoms with Crippen molar-refractivity contribution in [3.05, 3.63) is 58.9 Å². The second-order valence-corrected chi connectivity index (χ2v) is 4.55. The van der Waals surface area contributed by atoms with Crippen LogP contribution in [-0.4, -0.2) is 15.9 Å². The van der Waals surface area contributed by atoms with Crippen molar-refractivity contribution in [1.82, 2.24) is 9.97 Å². The van der Waals surface area contributed by atoms with Crippen LogP contribution in [0.15, 0.2) is 53.3 Å². The average molecular weight is 280 g/mol. The van der Waals surface area contributed by atoms with E-state index in [2.05, 4.69) is 9.97 Å². The van der Waals surface area contributed by atoms with E-state index in [0.29, 0.717) is 22.5 Å². The van der Waals surface area contributed by atoms with Gasteiger partial charge in [0, 0.05) is 12.5 Å². The lowest BCUT2D eigenvalue weighted by Crippen LogP contribution is -2.09. The molecule has 3 aromatic rings. The van der Waals surface area contributed by atoms with Crippen LogP contribution in [-0.2, 0) is 4.79 Å². The number of hydrogen-bond acceptors (Lipinski definition) is 4. The van der Waals surface area contributed by atoms with Gasteiger partial charge in [-0.05, 0) is 36.4 Å². The molecule has 1 aromatic heterocycles. The van der Waals surface area contributed by atoms with Gasteiger partial charge in [0.25, 0.3) is 5.56 Å². The van der Waals surface area contributed by atoms with Gasteiger partial charge in [0.2, 0.25) is 0 Å². The maximum atomic E-state index is 12.0. The van der Waals surface area contributed by atoms with Gasteiger partial charge < -0.3 is 9.72 Å². The van der Waals surface area contributed by atoms with Crippen molar-refractivity contribution in [3.63, 3.8) is 0 Å². The van der Waals surface area contributed by atoms with E-state index >= 15 is 0 Å². The summed E-state index contributed by atoms with van der Waals surface area (Å²) in [4.78, 5) is 30.1. The van der Waals surface area contributed by atoms with Crippen molar-refractivity contribution in [2.75, 3.05) is 0 Å². The van der Waals surface area contributed by atoms with E-state index < -0.39 is 0 Å². The van der Waals surface area contributed by atoms with Crippen molar-refractivity contribution in [2.45, 2.75) is 6.92 Å². The van der Waals surface area contributed by atoms with Crippen LogP contribution in [0.2, 0.25) is 0 Å². The Balaban J connectivity index is 2.04. The molecular formula is C16H12N2O3. The van der Waals surface area contributed by atoms with Crippen LogP contribution >= 0.6 is 0 Å². The van der Waals surface area contributed by atoms with Gasteiger partial charge in [-0.2, -0.15) is 0 Å². The number of esters is 1. The first-order chi connectivity index (χ1) is 10.1. The van der Waals surface area contributed by atoms with E-state index in [0.717, 1.165) is 5.56 Å². The molecule has 0 amide bonds. The minimum Gasteiger partial charge on any atom is -0.427 e. The van der Waals surface area contributed by atoms with Gasteiger partial charge in [0.05, 0.1) is 10.9 Å². The molecule has 1 N–H and O–H groups in total. The molecule has 3 rings (SSSR count). The number of fused-ring (bicyclic) bond motifs is 1. The Kier molecular flexibility index (Phi) is 3.23. The first kappa shape index (κ1) is 13.1. The number of nitrogens with zero attached hydrogens (tertiary/aromatic N) is 1. The number of ether oxygens (including phenoxy) is 1. The summed E-state index contributed by atoms with van der Waals surface area (Å²) in [5.41, 5.74) is 1.20. The molecule has 0 atom stereocenters. The molecule has 104 valence electrons. The first-order valence-corrected chi connectivity index (χ1v) is 6.41. The number of hydrogen-bond donors (Lipinski definition) is 1. The van der Waals surface area contributed by atoms with E-state index in [1.807, 2.05) is 6.07 Å². The third-order valence-corrected chi connectivity index (χ3v) is 3.00. The zero-order valence-corrected chi connectivity index (χ0v) is 11.3. The Morgan fingerprint density at radius 2 is 1.81 bits per heavy atom. The van der Waals surface area contributed by atoms with Crippen LogP contribution in [0.3, 0.4) is 0 Å². The Morgan fingerprint density at radius 3 is 2.52 bits per heavy atom. The molecule has 0 saturated heterocycles. The summed E-state index contributed by atoms with van der Waals surface area (Å²) in [5.74, 6) is 0.558. The van der Waals surface area contributed by atoms with Gasteiger partial charge in [0.15, 0.2) is 0 Å². The number of rotatable bonds is 2. The van der Waals surface area contributed by atoms with Crippen LogP contribution in [0.1, 0.15) is 6.92 Å². The number of carbonyl (C=O) groups excluding carboxylic acids is 1. The molecule has 1 heterocycles. The number of aromatic amines is 1. The van der Waals surface area contributed by atoms with Crippen molar-refractivity contribution < 1.29 is 9.53 Å². The highest BCUT2D eigenvalue weighted by atomic mass is 16.5. The maximum Gasteiger partial charge on any atom is 0.308 e. The number of para-hydroxylation sites is 1. The van der Waals surface area contributed by atoms with Crippen LogP contribution in [0.5, 0.6) is 5.75 Å². The molecule has 0 saturated carbocycles. The zero-order valence-electron chi connectivity index (χ0n) is 11.3. The third kappa shape index (κ3) is 2.67. The molecule has 5 heteroatoms. The van der Waals surface area contributed by atoms with Crippen molar-refractivity contribution in [2.24, 2.45) is 0 Å². The molecule has 0 aliphatic carbocycles. The van der Waals surface area contributed by atoms with Crippen LogP contribution in [0, 0.1) is 0 Å². The third-order valence-electron chi connectivity index (χ3n) is 3.00. The summed E-state index contributed by atoms with van der Waals surface area (Å²) in [7, 11) is 0. The van der Waals surface area contributed by atoms with Crippen molar-refractivity contribution in [3.8, 4) is 17.1 Å². The van der Waals surface area contributed by atoms with Crippen molar-refractivity contribution in [1.29, 1.82) is 0 Å². The lowest BCUT2D eigenvalue weighted by atomic mass is 10.2. The predicted molar refractivity (Wildman–Crippen MR) is 79.1 cm³/mol. The maximum absolute atomic E-state index is 12.0. The molecule has 0 unspecified atom stereocenters. The molecular weight excluding hydrogens is 268 g/mol. The monoisotopic (exact) mass is 280 g/mol. The summed E-state index contributed by atoms with van der Waals surface area (Å²) < 4.78 is 4.97. The fourth-order valence-corrected chi connectivity index (χ4v) is 2.07. The molecule has 2 aromatic carbocycles. The Labute approximate surface area is 120 Å². The fraction of sp³-hybridized carbons (Fsp3) is 0.0625. The van der Waals surface area contributed by atoms with Gasteiger partial charge >= 0.3 is 5.97 Å². The molecule has 0 bridgehead atoms. The molecule has 5 nitrogen and oxygen atoms in total. The highest BCUT2D eigenvalue weighted by Gasteiger charge is 2.06. The minimum absolute atomic E-state index is 0.181. The van der Waals surface area contributed by atoms with Gasteiger partial charge in [-0.25, -0.2) is 4.98 Å². The summed E-state index contributed by atoms with van der Waals surface area (Å²) >= 11 is 0. The number of aromatic nitrogens is 2. The van der Waals surface area contributed by atoms with E-state index in [-0.39, 0.29) is 11.5 Å². The largest absolute Gasteiger partial charge is 0.427 e. The molecule has 0 spiro atoms. The van der Waals surface area contributed by atoms with Crippen LogP contribution < -0.4 is 10.3 Å². The van der Waals surface area contributed by atoms with Gasteiger partial charge in [-0.15, -0.1) is 0 Å². The van der Waals surface area contributed by atoms with E-state index in [4.69, 9.17) is 4.74 Å². The average Bonchev–Trinajstić information content (AvgIpc) is 2.47. The second kappa shape index (κ2) is 5.20. The summed E-state index contributed by atoms with van der Waals surface area (Å²) in [5, 5.41) is 0.554. The molecule has 21 heavy (non-hydrogen) atoms. The lowest BCUT2D eigenvalue weighted by Gasteiger charge is -2.05. The standard InChI is InChI=1S/C16H12N2O3/c1-10(19)21-12-8-6-11(7-9-12)15-17-14-5-3-2-4-13(14)16(20)18-15/h2-9H,1H3,(H,17,18,20). The van der Waals surface area contributed by atoms with Gasteiger partial charge in [-0.3, -0.25) is 9.59 Å². The van der Waals surface area contributed by atoms with E-state index in [1.54, 1.807) is 42.5 Å². The number of H-pyrrole nitrogens is 1. The highest BCUT2D eigenvalue weighted by Crippen LogP contribution is 2.20. The number of benzene rings is 2. The predicted octanol–water partition coefficient (Wildman–Crippen LogP) is 2.52. The minimum atomic E-state index is -0.375. The van der Waals surface area contributed by atoms with E-state index in [1.165, 1.54) is 6.92 Å². The first-order valence-electron chi connectivity index (χ1n) is 6.41. The second-order valence-electron chi connectivity index (χ2n) is 4.55. The van der Waals surface area contributed by atoms with E-state index in [9.17, 15) is 9.59 Å².